The molecule has 2 rings (SSSR count). The maximum atomic E-state index is 11.9. The van der Waals surface area contributed by atoms with E-state index in [0.717, 1.165) is 25.9 Å². The molecule has 6 heteroatoms. The minimum Gasteiger partial charge on any atom is -0.325 e. The summed E-state index contributed by atoms with van der Waals surface area (Å²) in [4.78, 5) is 15.8. The summed E-state index contributed by atoms with van der Waals surface area (Å²) in [5, 5.41) is 6.53. The third-order valence-electron chi connectivity index (χ3n) is 3.01. The maximum absolute atomic E-state index is 11.9. The Morgan fingerprint density at radius 3 is 2.94 bits per heavy atom. The van der Waals surface area contributed by atoms with E-state index in [2.05, 4.69) is 31.5 Å². The zero-order chi connectivity index (χ0) is 13.0. The average Bonchev–Trinajstić information content (AvgIpc) is 2.35. The van der Waals surface area contributed by atoms with Gasteiger partial charge in [0.1, 0.15) is 5.15 Å². The van der Waals surface area contributed by atoms with Crippen molar-refractivity contribution in [2.45, 2.75) is 19.3 Å². The van der Waals surface area contributed by atoms with Crippen LogP contribution in [0.4, 0.5) is 5.69 Å². The van der Waals surface area contributed by atoms with Crippen LogP contribution in [0.2, 0.25) is 5.15 Å². The predicted molar refractivity (Wildman–Crippen MR) is 75.8 cm³/mol. The molecule has 2 N–H and O–H groups in total. The molecule has 1 saturated heterocycles. The second kappa shape index (κ2) is 6.50. The fraction of sp³-hybridized carbons (Fsp3) is 0.500. The Bertz CT molecular complexity index is 435. The molecule has 2 heterocycles. The van der Waals surface area contributed by atoms with E-state index >= 15 is 0 Å². The molecule has 0 saturated carbocycles. The quantitative estimate of drug-likeness (QED) is 0.837. The van der Waals surface area contributed by atoms with Crippen LogP contribution in [0.25, 0.3) is 0 Å². The van der Waals surface area contributed by atoms with Crippen LogP contribution in [0.3, 0.4) is 0 Å². The number of aromatic nitrogens is 1. The number of rotatable bonds is 3. The van der Waals surface area contributed by atoms with Crippen molar-refractivity contribution in [2.24, 2.45) is 5.92 Å². The monoisotopic (exact) mass is 331 g/mol. The fourth-order valence-corrected chi connectivity index (χ4v) is 2.50. The molecule has 4 nitrogen and oxygen atoms in total. The van der Waals surface area contributed by atoms with E-state index in [1.165, 1.54) is 0 Å². The Labute approximate surface area is 120 Å². The summed E-state index contributed by atoms with van der Waals surface area (Å²) >= 11 is 9.08. The second-order valence-electron chi connectivity index (χ2n) is 4.44. The molecule has 1 aliphatic rings. The van der Waals surface area contributed by atoms with Crippen molar-refractivity contribution in [3.8, 4) is 0 Å². The van der Waals surface area contributed by atoms with Gasteiger partial charge in [-0.25, -0.2) is 4.98 Å². The first-order valence-electron chi connectivity index (χ1n) is 5.97. The van der Waals surface area contributed by atoms with Gasteiger partial charge in [0.25, 0.3) is 0 Å². The molecule has 1 fully saturated rings. The highest BCUT2D eigenvalue weighted by Gasteiger charge is 2.16. The van der Waals surface area contributed by atoms with Gasteiger partial charge in [-0.05, 0) is 53.8 Å². The molecular formula is C12H15BrClN3O. The van der Waals surface area contributed by atoms with E-state index < -0.39 is 0 Å². The standard InChI is InChI=1S/C12H15BrClN3O/c13-10-6-9(7-16-12(10)14)17-11(18)5-8-1-3-15-4-2-8/h6-8,15H,1-5H2,(H,17,18). The van der Waals surface area contributed by atoms with Gasteiger partial charge in [-0.15, -0.1) is 0 Å². The predicted octanol–water partition coefficient (Wildman–Crippen LogP) is 2.83. The molecule has 1 aromatic heterocycles. The summed E-state index contributed by atoms with van der Waals surface area (Å²) < 4.78 is 0.684. The topological polar surface area (TPSA) is 54.0 Å². The maximum Gasteiger partial charge on any atom is 0.224 e. The largest absolute Gasteiger partial charge is 0.325 e. The van der Waals surface area contributed by atoms with Crippen LogP contribution in [-0.2, 0) is 4.79 Å². The van der Waals surface area contributed by atoms with Crippen LogP contribution < -0.4 is 10.6 Å². The van der Waals surface area contributed by atoms with Gasteiger partial charge >= 0.3 is 0 Å². The summed E-state index contributed by atoms with van der Waals surface area (Å²) in [6.07, 6.45) is 4.27. The third-order valence-corrected chi connectivity index (χ3v) is 4.15. The number of pyridine rings is 1. The van der Waals surface area contributed by atoms with Gasteiger partial charge in [0, 0.05) is 6.42 Å². The first-order chi connectivity index (χ1) is 8.65. The van der Waals surface area contributed by atoms with Crippen LogP contribution in [0, 0.1) is 5.92 Å². The minimum absolute atomic E-state index is 0.0397. The van der Waals surface area contributed by atoms with Gasteiger partial charge in [0.15, 0.2) is 0 Å². The van der Waals surface area contributed by atoms with Gasteiger partial charge in [0.05, 0.1) is 16.4 Å². The number of halogens is 2. The van der Waals surface area contributed by atoms with Crippen molar-refractivity contribution in [3.05, 3.63) is 21.9 Å². The first-order valence-corrected chi connectivity index (χ1v) is 7.14. The summed E-state index contributed by atoms with van der Waals surface area (Å²) in [5.41, 5.74) is 0.671. The Morgan fingerprint density at radius 2 is 2.28 bits per heavy atom. The molecule has 1 aliphatic heterocycles. The number of carbonyl (C=O) groups excluding carboxylic acids is 1. The molecule has 1 amide bonds. The van der Waals surface area contributed by atoms with Crippen LogP contribution in [0.15, 0.2) is 16.7 Å². The Kier molecular flexibility index (Phi) is 4.97. The van der Waals surface area contributed by atoms with E-state index in [1.807, 2.05) is 0 Å². The molecule has 0 aliphatic carbocycles. The Balaban J connectivity index is 1.88. The van der Waals surface area contributed by atoms with Crippen LogP contribution >= 0.6 is 27.5 Å². The van der Waals surface area contributed by atoms with Crippen molar-refractivity contribution >= 4 is 39.1 Å². The minimum atomic E-state index is 0.0397. The molecule has 18 heavy (non-hydrogen) atoms. The highest BCUT2D eigenvalue weighted by molar-refractivity contribution is 9.10. The van der Waals surface area contributed by atoms with Gasteiger partial charge in [-0.3, -0.25) is 4.79 Å². The van der Waals surface area contributed by atoms with E-state index in [4.69, 9.17) is 11.6 Å². The fourth-order valence-electron chi connectivity index (χ4n) is 2.05. The summed E-state index contributed by atoms with van der Waals surface area (Å²) in [6.45, 7) is 2.01. The second-order valence-corrected chi connectivity index (χ2v) is 5.65. The molecule has 0 bridgehead atoms. The van der Waals surface area contributed by atoms with E-state index in [-0.39, 0.29) is 5.91 Å². The number of piperidine rings is 1. The number of nitrogens with one attached hydrogen (secondary N) is 2. The van der Waals surface area contributed by atoms with E-state index in [0.29, 0.717) is 27.7 Å². The number of hydrogen-bond donors (Lipinski definition) is 2. The SMILES string of the molecule is O=C(CC1CCNCC1)Nc1cnc(Cl)c(Br)c1. The lowest BCUT2D eigenvalue weighted by Gasteiger charge is -2.21. The third kappa shape index (κ3) is 3.93. The van der Waals surface area contributed by atoms with E-state index in [1.54, 1.807) is 12.3 Å². The lowest BCUT2D eigenvalue weighted by atomic mass is 9.94. The van der Waals surface area contributed by atoms with Gasteiger partial charge in [0.2, 0.25) is 5.91 Å². The molecule has 0 unspecified atom stereocenters. The zero-order valence-electron chi connectivity index (χ0n) is 9.88. The van der Waals surface area contributed by atoms with Crippen LogP contribution in [0.1, 0.15) is 19.3 Å². The lowest BCUT2D eigenvalue weighted by Crippen LogP contribution is -2.30. The first kappa shape index (κ1) is 13.8. The number of hydrogen-bond acceptors (Lipinski definition) is 3. The van der Waals surface area contributed by atoms with Gasteiger partial charge in [-0.2, -0.15) is 0 Å². The number of nitrogens with zero attached hydrogens (tertiary/aromatic N) is 1. The Morgan fingerprint density at radius 1 is 1.56 bits per heavy atom. The van der Waals surface area contributed by atoms with Crippen molar-refractivity contribution in [1.29, 1.82) is 0 Å². The normalized spacial score (nSPS) is 16.6. The number of carbonyl (C=O) groups is 1. The average molecular weight is 333 g/mol. The van der Waals surface area contributed by atoms with Crippen molar-refractivity contribution in [1.82, 2.24) is 10.3 Å². The summed E-state index contributed by atoms with van der Waals surface area (Å²) in [6, 6.07) is 1.76. The van der Waals surface area contributed by atoms with Crippen molar-refractivity contribution in [3.63, 3.8) is 0 Å². The van der Waals surface area contributed by atoms with Crippen LogP contribution in [0.5, 0.6) is 0 Å². The molecule has 1 aromatic rings. The molecule has 0 spiro atoms. The summed E-state index contributed by atoms with van der Waals surface area (Å²) in [5.74, 6) is 0.521. The molecular weight excluding hydrogens is 318 g/mol. The smallest absolute Gasteiger partial charge is 0.224 e. The lowest BCUT2D eigenvalue weighted by molar-refractivity contribution is -0.117. The zero-order valence-corrected chi connectivity index (χ0v) is 12.2. The van der Waals surface area contributed by atoms with Crippen molar-refractivity contribution < 1.29 is 4.79 Å². The van der Waals surface area contributed by atoms with Gasteiger partial charge in [-0.1, -0.05) is 11.6 Å². The number of amides is 1. The van der Waals surface area contributed by atoms with Gasteiger partial charge < -0.3 is 10.6 Å². The van der Waals surface area contributed by atoms with Crippen LogP contribution in [-0.4, -0.2) is 24.0 Å². The number of anilines is 1. The van der Waals surface area contributed by atoms with E-state index in [9.17, 15) is 4.79 Å². The molecule has 0 aromatic carbocycles. The summed E-state index contributed by atoms with van der Waals surface area (Å²) in [7, 11) is 0. The molecule has 98 valence electrons. The Hall–Kier alpha value is -0.650. The highest BCUT2D eigenvalue weighted by atomic mass is 79.9. The molecule has 0 radical (unpaired) electrons. The van der Waals surface area contributed by atoms with Crippen molar-refractivity contribution in [2.75, 3.05) is 18.4 Å². The molecule has 0 atom stereocenters. The highest BCUT2D eigenvalue weighted by Crippen LogP contribution is 2.23.